The first-order valence-corrected chi connectivity index (χ1v) is 13.4. The van der Waals surface area contributed by atoms with Crippen LogP contribution in [0.15, 0.2) is 33.5 Å². The molecule has 220 valence electrons. The van der Waals surface area contributed by atoms with Crippen molar-refractivity contribution in [3.8, 4) is 0 Å². The molecule has 40 heavy (non-hydrogen) atoms. The van der Waals surface area contributed by atoms with Crippen molar-refractivity contribution < 1.29 is 33.2 Å². The van der Waals surface area contributed by atoms with E-state index in [1.54, 1.807) is 6.07 Å². The maximum atomic E-state index is 12.6. The number of hydrogen-bond acceptors (Lipinski definition) is 9. The molecule has 0 spiro atoms. The average Bonchev–Trinajstić information content (AvgIpc) is 3.19. The number of hydrogen-bond donors (Lipinski definition) is 1. The zero-order valence-electron chi connectivity index (χ0n) is 24.5. The summed E-state index contributed by atoms with van der Waals surface area (Å²) in [6.45, 7) is 17.2. The molecular weight excluding hydrogens is 518 g/mol. The second-order valence-electron chi connectivity index (χ2n) is 11.2. The highest BCUT2D eigenvalue weighted by atomic mass is 16.7. The predicted octanol–water partition coefficient (Wildman–Crippen LogP) is 3.82. The zero-order valence-corrected chi connectivity index (χ0v) is 24.5. The highest BCUT2D eigenvalue weighted by Crippen LogP contribution is 2.22. The molecule has 1 N–H and O–H groups in total. The van der Waals surface area contributed by atoms with Gasteiger partial charge < -0.3 is 24.2 Å². The molecule has 1 aliphatic heterocycles. The second-order valence-corrected chi connectivity index (χ2v) is 11.2. The van der Waals surface area contributed by atoms with Crippen LogP contribution < -0.4 is 15.8 Å². The van der Waals surface area contributed by atoms with Crippen LogP contribution in [0.4, 0.5) is 5.69 Å². The summed E-state index contributed by atoms with van der Waals surface area (Å²) >= 11 is 0. The van der Waals surface area contributed by atoms with Crippen LogP contribution in [0.25, 0.3) is 11.0 Å². The third-order valence-corrected chi connectivity index (χ3v) is 6.27. The topological polar surface area (TPSA) is 135 Å². The van der Waals surface area contributed by atoms with E-state index in [0.717, 1.165) is 30.6 Å². The monoisotopic (exact) mass is 559 g/mol. The highest BCUT2D eigenvalue weighted by molar-refractivity contribution is 6.01. The lowest BCUT2D eigenvalue weighted by molar-refractivity contribution is -0.188. The molecule has 0 saturated carbocycles. The lowest BCUT2D eigenvalue weighted by Crippen LogP contribution is -2.42. The normalized spacial score (nSPS) is 13.6. The van der Waals surface area contributed by atoms with Gasteiger partial charge in [0.1, 0.15) is 11.1 Å². The Morgan fingerprint density at radius 2 is 1.68 bits per heavy atom. The molecule has 1 aromatic carbocycles. The standard InChI is InChI=1S/C24H36N2O4.C5H5NO4/c1-8-26(9-2)18-11-10-17-14-19(22(28)30-20(17)15-18)21(27)25-16-24(6,7)29-13-12-23(3,4)5;7-3-10-6-4(8)1-2-5(6)9/h10-11,14-15H,8-9,12-13,16H2,1-7H3,(H,25,27);3H,1-2H2. The van der Waals surface area contributed by atoms with E-state index in [-0.39, 0.29) is 30.3 Å². The van der Waals surface area contributed by atoms with Crippen LogP contribution in [-0.4, -0.2) is 61.1 Å². The number of amides is 3. The summed E-state index contributed by atoms with van der Waals surface area (Å²) in [6, 6.07) is 7.29. The predicted molar refractivity (Wildman–Crippen MR) is 151 cm³/mol. The molecule has 0 radical (unpaired) electrons. The summed E-state index contributed by atoms with van der Waals surface area (Å²) in [5.41, 5.74) is 0.492. The molecule has 11 heteroatoms. The fourth-order valence-corrected chi connectivity index (χ4v) is 3.83. The zero-order chi connectivity index (χ0) is 30.1. The first-order chi connectivity index (χ1) is 18.7. The lowest BCUT2D eigenvalue weighted by atomic mass is 9.93. The number of nitrogens with one attached hydrogen (secondary N) is 1. The van der Waals surface area contributed by atoms with Gasteiger partial charge in [0.2, 0.25) is 0 Å². The first kappa shape index (κ1) is 32.5. The Hall–Kier alpha value is -3.73. The summed E-state index contributed by atoms with van der Waals surface area (Å²) in [6.07, 6.45) is 1.19. The van der Waals surface area contributed by atoms with Gasteiger partial charge >= 0.3 is 12.1 Å². The Kier molecular flexibility index (Phi) is 11.4. The van der Waals surface area contributed by atoms with Gasteiger partial charge in [-0.1, -0.05) is 20.8 Å². The number of benzene rings is 1. The fourth-order valence-electron chi connectivity index (χ4n) is 3.83. The highest BCUT2D eigenvalue weighted by Gasteiger charge is 2.30. The summed E-state index contributed by atoms with van der Waals surface area (Å²) in [5, 5.41) is 4.01. The van der Waals surface area contributed by atoms with Crippen LogP contribution in [0.5, 0.6) is 0 Å². The first-order valence-electron chi connectivity index (χ1n) is 13.4. The van der Waals surface area contributed by atoms with Gasteiger partial charge in [-0.15, -0.1) is 5.06 Å². The Morgan fingerprint density at radius 1 is 1.05 bits per heavy atom. The van der Waals surface area contributed by atoms with Gasteiger partial charge in [0.25, 0.3) is 17.7 Å². The van der Waals surface area contributed by atoms with Crippen molar-refractivity contribution >= 4 is 40.9 Å². The third kappa shape index (κ3) is 9.48. The molecule has 0 unspecified atom stereocenters. The molecule has 1 fully saturated rings. The fraction of sp³-hybridized carbons (Fsp3) is 0.552. The van der Waals surface area contributed by atoms with Crippen molar-refractivity contribution in [2.45, 2.75) is 73.3 Å². The van der Waals surface area contributed by atoms with Crippen molar-refractivity contribution in [3.05, 3.63) is 40.2 Å². The smallest absolute Gasteiger partial charge is 0.349 e. The number of imide groups is 1. The SMILES string of the molecule is CCN(CC)c1ccc2cc(C(=O)NCC(C)(C)OCCC(C)(C)C)c(=O)oc2c1.O=CON1C(=O)CCC1=O. The molecule has 3 rings (SSSR count). The van der Waals surface area contributed by atoms with Crippen molar-refractivity contribution in [1.82, 2.24) is 10.4 Å². The van der Waals surface area contributed by atoms with Crippen LogP contribution in [0.2, 0.25) is 0 Å². The van der Waals surface area contributed by atoms with Gasteiger partial charge in [-0.05, 0) is 57.7 Å². The number of rotatable bonds is 11. The minimum absolute atomic E-state index is 0.00332. The Morgan fingerprint density at radius 3 is 2.23 bits per heavy atom. The summed E-state index contributed by atoms with van der Waals surface area (Å²) in [7, 11) is 0. The van der Waals surface area contributed by atoms with E-state index >= 15 is 0 Å². The molecule has 1 aliphatic rings. The van der Waals surface area contributed by atoms with Crippen LogP contribution in [-0.2, 0) is 24.0 Å². The maximum Gasteiger partial charge on any atom is 0.349 e. The molecule has 3 amide bonds. The number of hydroxylamine groups is 2. The van der Waals surface area contributed by atoms with Gasteiger partial charge in [-0.3, -0.25) is 19.2 Å². The summed E-state index contributed by atoms with van der Waals surface area (Å²) in [5.74, 6) is -1.37. The van der Waals surface area contributed by atoms with Crippen LogP contribution in [0, 0.1) is 5.41 Å². The number of carbonyl (C=O) groups is 4. The lowest BCUT2D eigenvalue weighted by Gasteiger charge is -2.28. The van der Waals surface area contributed by atoms with Crippen molar-refractivity contribution in [2.24, 2.45) is 5.41 Å². The van der Waals surface area contributed by atoms with E-state index in [2.05, 4.69) is 49.7 Å². The van der Waals surface area contributed by atoms with Crippen molar-refractivity contribution in [1.29, 1.82) is 0 Å². The van der Waals surface area contributed by atoms with Gasteiger partial charge in [0, 0.05) is 56.2 Å². The molecule has 0 aliphatic carbocycles. The van der Waals surface area contributed by atoms with E-state index in [0.29, 0.717) is 23.8 Å². The molecule has 2 aromatic rings. The van der Waals surface area contributed by atoms with Crippen molar-refractivity contribution in [3.63, 3.8) is 0 Å². The van der Waals surface area contributed by atoms with Gasteiger partial charge in [-0.25, -0.2) is 4.79 Å². The number of carbonyl (C=O) groups excluding carboxylic acids is 4. The number of fused-ring (bicyclic) bond motifs is 1. The van der Waals surface area contributed by atoms with Crippen LogP contribution in [0.1, 0.15) is 78.1 Å². The number of anilines is 1. The number of ether oxygens (including phenoxy) is 1. The molecule has 11 nitrogen and oxygen atoms in total. The molecule has 1 saturated heterocycles. The van der Waals surface area contributed by atoms with E-state index in [9.17, 15) is 24.0 Å². The van der Waals surface area contributed by atoms with E-state index in [1.165, 1.54) is 0 Å². The van der Waals surface area contributed by atoms with Gasteiger partial charge in [0.05, 0.1) is 5.60 Å². The van der Waals surface area contributed by atoms with Crippen LogP contribution in [0.3, 0.4) is 0 Å². The average molecular weight is 560 g/mol. The summed E-state index contributed by atoms with van der Waals surface area (Å²) < 4.78 is 11.4. The largest absolute Gasteiger partial charge is 0.422 e. The maximum absolute atomic E-state index is 12.6. The molecule has 2 heterocycles. The summed E-state index contributed by atoms with van der Waals surface area (Å²) in [4.78, 5) is 62.2. The van der Waals surface area contributed by atoms with Crippen LogP contribution >= 0.6 is 0 Å². The molecular formula is C29H41N3O8. The molecule has 0 bridgehead atoms. The molecule has 1 aromatic heterocycles. The third-order valence-electron chi connectivity index (χ3n) is 6.27. The van der Waals surface area contributed by atoms with E-state index in [1.807, 2.05) is 32.0 Å². The number of nitrogens with zero attached hydrogens (tertiary/aromatic N) is 2. The Labute approximate surface area is 234 Å². The Bertz CT molecular complexity index is 1240. The van der Waals surface area contributed by atoms with Gasteiger partial charge in [-0.2, -0.15) is 0 Å². The Balaban J connectivity index is 0.000000469. The minimum Gasteiger partial charge on any atom is -0.422 e. The quantitative estimate of drug-likeness (QED) is 0.248. The van der Waals surface area contributed by atoms with E-state index in [4.69, 9.17) is 9.15 Å². The van der Waals surface area contributed by atoms with Crippen molar-refractivity contribution in [2.75, 3.05) is 31.1 Å². The van der Waals surface area contributed by atoms with E-state index < -0.39 is 28.9 Å². The molecule has 0 atom stereocenters. The van der Waals surface area contributed by atoms with Gasteiger partial charge in [0.15, 0.2) is 0 Å². The second kappa shape index (κ2) is 14.1. The minimum atomic E-state index is -0.636.